The van der Waals surface area contributed by atoms with E-state index >= 15 is 0 Å². The van der Waals surface area contributed by atoms with Crippen molar-refractivity contribution < 1.29 is 0 Å². The van der Waals surface area contributed by atoms with Gasteiger partial charge in [0, 0.05) is 32.9 Å². The van der Waals surface area contributed by atoms with Gasteiger partial charge in [-0.3, -0.25) is 0 Å². The van der Waals surface area contributed by atoms with Gasteiger partial charge in [0.2, 0.25) is 0 Å². The van der Waals surface area contributed by atoms with Crippen LogP contribution in [-0.4, -0.2) is 20.6 Å². The SMILES string of the molecule is CN(C)c1ccc(CCNCc2ccccc2CN)cc1. The third kappa shape index (κ3) is 4.59. The Balaban J connectivity index is 1.79. The second-order valence-corrected chi connectivity index (χ2v) is 5.46. The van der Waals surface area contributed by atoms with Gasteiger partial charge in [-0.25, -0.2) is 0 Å². The summed E-state index contributed by atoms with van der Waals surface area (Å²) < 4.78 is 0. The van der Waals surface area contributed by atoms with Crippen LogP contribution >= 0.6 is 0 Å². The maximum Gasteiger partial charge on any atom is 0.0361 e. The fourth-order valence-electron chi connectivity index (χ4n) is 2.35. The topological polar surface area (TPSA) is 41.3 Å². The zero-order valence-corrected chi connectivity index (χ0v) is 13.0. The van der Waals surface area contributed by atoms with Gasteiger partial charge in [0.25, 0.3) is 0 Å². The molecule has 0 amide bonds. The quantitative estimate of drug-likeness (QED) is 0.767. The monoisotopic (exact) mass is 283 g/mol. The first-order valence-corrected chi connectivity index (χ1v) is 7.44. The van der Waals surface area contributed by atoms with Crippen molar-refractivity contribution in [3.05, 3.63) is 65.2 Å². The van der Waals surface area contributed by atoms with Crippen LogP contribution in [0.25, 0.3) is 0 Å². The van der Waals surface area contributed by atoms with Crippen LogP contribution < -0.4 is 16.0 Å². The van der Waals surface area contributed by atoms with Gasteiger partial charge in [-0.1, -0.05) is 36.4 Å². The Morgan fingerprint density at radius 2 is 1.62 bits per heavy atom. The first kappa shape index (κ1) is 15.5. The molecule has 0 aliphatic heterocycles. The minimum absolute atomic E-state index is 0.601. The lowest BCUT2D eigenvalue weighted by Crippen LogP contribution is -2.18. The molecule has 2 aromatic carbocycles. The highest BCUT2D eigenvalue weighted by atomic mass is 15.1. The van der Waals surface area contributed by atoms with Gasteiger partial charge in [-0.05, 0) is 41.8 Å². The van der Waals surface area contributed by atoms with Crippen LogP contribution in [0.5, 0.6) is 0 Å². The molecule has 0 saturated carbocycles. The predicted molar refractivity (Wildman–Crippen MR) is 90.5 cm³/mol. The lowest BCUT2D eigenvalue weighted by atomic mass is 10.1. The van der Waals surface area contributed by atoms with E-state index in [0.717, 1.165) is 19.5 Å². The summed E-state index contributed by atoms with van der Waals surface area (Å²) >= 11 is 0. The molecule has 0 spiro atoms. The molecular formula is C18H25N3. The molecule has 0 unspecified atom stereocenters. The lowest BCUT2D eigenvalue weighted by Gasteiger charge is -2.13. The molecule has 0 bridgehead atoms. The molecule has 2 rings (SSSR count). The summed E-state index contributed by atoms with van der Waals surface area (Å²) in [6.07, 6.45) is 1.04. The molecule has 3 heteroatoms. The van der Waals surface area contributed by atoms with Gasteiger partial charge in [-0.15, -0.1) is 0 Å². The lowest BCUT2D eigenvalue weighted by molar-refractivity contribution is 0.682. The predicted octanol–water partition coefficient (Wildman–Crippen LogP) is 2.54. The number of nitrogens with two attached hydrogens (primary N) is 1. The molecule has 21 heavy (non-hydrogen) atoms. The third-order valence-electron chi connectivity index (χ3n) is 3.70. The van der Waals surface area contributed by atoms with Crippen molar-refractivity contribution in [2.75, 3.05) is 25.5 Å². The summed E-state index contributed by atoms with van der Waals surface area (Å²) in [5.74, 6) is 0. The highest BCUT2D eigenvalue weighted by Gasteiger charge is 2.00. The van der Waals surface area contributed by atoms with Gasteiger partial charge >= 0.3 is 0 Å². The van der Waals surface area contributed by atoms with Crippen LogP contribution in [0, 0.1) is 0 Å². The van der Waals surface area contributed by atoms with E-state index in [4.69, 9.17) is 5.73 Å². The van der Waals surface area contributed by atoms with Crippen molar-refractivity contribution in [2.45, 2.75) is 19.5 Å². The third-order valence-corrected chi connectivity index (χ3v) is 3.70. The van der Waals surface area contributed by atoms with Gasteiger partial charge in [0.05, 0.1) is 0 Å². The Hall–Kier alpha value is -1.84. The summed E-state index contributed by atoms with van der Waals surface area (Å²) in [6.45, 7) is 2.45. The molecule has 112 valence electrons. The molecule has 0 aromatic heterocycles. The maximum atomic E-state index is 5.75. The number of hydrogen-bond donors (Lipinski definition) is 2. The molecule has 3 nitrogen and oxygen atoms in total. The van der Waals surface area contributed by atoms with Crippen molar-refractivity contribution in [3.63, 3.8) is 0 Å². The number of nitrogens with zero attached hydrogens (tertiary/aromatic N) is 1. The average molecular weight is 283 g/mol. The number of benzene rings is 2. The van der Waals surface area contributed by atoms with Gasteiger partial charge in [-0.2, -0.15) is 0 Å². The molecule has 0 aliphatic rings. The Labute approximate surface area is 127 Å². The molecule has 0 atom stereocenters. The smallest absolute Gasteiger partial charge is 0.0361 e. The minimum Gasteiger partial charge on any atom is -0.378 e. The van der Waals surface area contributed by atoms with E-state index in [2.05, 4.69) is 66.8 Å². The molecule has 0 radical (unpaired) electrons. The van der Waals surface area contributed by atoms with E-state index in [1.54, 1.807) is 0 Å². The minimum atomic E-state index is 0.601. The van der Waals surface area contributed by atoms with E-state index in [1.807, 2.05) is 6.07 Å². The second-order valence-electron chi connectivity index (χ2n) is 5.46. The van der Waals surface area contributed by atoms with Crippen LogP contribution in [0.2, 0.25) is 0 Å². The summed E-state index contributed by atoms with van der Waals surface area (Å²) in [6, 6.07) is 17.1. The average Bonchev–Trinajstić information content (AvgIpc) is 2.52. The first-order chi connectivity index (χ1) is 10.2. The number of anilines is 1. The Morgan fingerprint density at radius 1 is 0.952 bits per heavy atom. The summed E-state index contributed by atoms with van der Waals surface area (Å²) in [4.78, 5) is 2.12. The number of rotatable bonds is 7. The van der Waals surface area contributed by atoms with E-state index < -0.39 is 0 Å². The summed E-state index contributed by atoms with van der Waals surface area (Å²) in [7, 11) is 4.12. The molecule has 0 saturated heterocycles. The largest absolute Gasteiger partial charge is 0.378 e. The number of hydrogen-bond acceptors (Lipinski definition) is 3. The number of nitrogens with one attached hydrogen (secondary N) is 1. The molecule has 3 N–H and O–H groups in total. The van der Waals surface area contributed by atoms with E-state index in [-0.39, 0.29) is 0 Å². The van der Waals surface area contributed by atoms with Crippen molar-refractivity contribution in [1.29, 1.82) is 0 Å². The molecule has 0 aliphatic carbocycles. The van der Waals surface area contributed by atoms with Crippen LogP contribution in [-0.2, 0) is 19.5 Å². The highest BCUT2D eigenvalue weighted by Crippen LogP contribution is 2.12. The van der Waals surface area contributed by atoms with Crippen molar-refractivity contribution in [3.8, 4) is 0 Å². The standard InChI is InChI=1S/C18H25N3/c1-21(2)18-9-7-15(8-10-18)11-12-20-14-17-6-4-3-5-16(17)13-19/h3-10,20H,11-14,19H2,1-2H3. The van der Waals surface area contributed by atoms with Gasteiger partial charge in [0.15, 0.2) is 0 Å². The molecule has 2 aromatic rings. The molecule has 0 heterocycles. The van der Waals surface area contributed by atoms with E-state index in [9.17, 15) is 0 Å². The summed E-state index contributed by atoms with van der Waals surface area (Å²) in [5, 5.41) is 3.50. The van der Waals surface area contributed by atoms with Gasteiger partial charge in [0.1, 0.15) is 0 Å². The van der Waals surface area contributed by atoms with Crippen molar-refractivity contribution in [2.24, 2.45) is 5.73 Å². The Bertz CT molecular complexity index is 547. The fraction of sp³-hybridized carbons (Fsp3) is 0.333. The van der Waals surface area contributed by atoms with Gasteiger partial charge < -0.3 is 16.0 Å². The van der Waals surface area contributed by atoms with E-state index in [1.165, 1.54) is 22.4 Å². The Morgan fingerprint density at radius 3 is 2.24 bits per heavy atom. The Kier molecular flexibility index (Phi) is 5.78. The zero-order valence-electron chi connectivity index (χ0n) is 13.0. The van der Waals surface area contributed by atoms with Crippen molar-refractivity contribution in [1.82, 2.24) is 5.32 Å². The van der Waals surface area contributed by atoms with Crippen LogP contribution in [0.4, 0.5) is 5.69 Å². The van der Waals surface area contributed by atoms with Crippen molar-refractivity contribution >= 4 is 5.69 Å². The fourth-order valence-corrected chi connectivity index (χ4v) is 2.35. The zero-order chi connectivity index (χ0) is 15.1. The maximum absolute atomic E-state index is 5.75. The normalized spacial score (nSPS) is 10.6. The second kappa shape index (κ2) is 7.81. The van der Waals surface area contributed by atoms with Crippen LogP contribution in [0.15, 0.2) is 48.5 Å². The van der Waals surface area contributed by atoms with E-state index in [0.29, 0.717) is 6.54 Å². The first-order valence-electron chi connectivity index (χ1n) is 7.44. The van der Waals surface area contributed by atoms with Crippen LogP contribution in [0.1, 0.15) is 16.7 Å². The highest BCUT2D eigenvalue weighted by molar-refractivity contribution is 5.46. The summed E-state index contributed by atoms with van der Waals surface area (Å²) in [5.41, 5.74) is 10.9. The molecule has 0 fully saturated rings. The van der Waals surface area contributed by atoms with Crippen LogP contribution in [0.3, 0.4) is 0 Å². The molecular weight excluding hydrogens is 258 g/mol.